The summed E-state index contributed by atoms with van der Waals surface area (Å²) in [4.78, 5) is 14.0. The van der Waals surface area contributed by atoms with Gasteiger partial charge in [0, 0.05) is 25.5 Å². The van der Waals surface area contributed by atoms with E-state index in [-0.39, 0.29) is 12.1 Å². The van der Waals surface area contributed by atoms with Crippen molar-refractivity contribution in [2.24, 2.45) is 0 Å². The highest BCUT2D eigenvalue weighted by Crippen LogP contribution is 2.40. The zero-order valence-electron chi connectivity index (χ0n) is 17.5. The largest absolute Gasteiger partial charge is 0.352 e. The lowest BCUT2D eigenvalue weighted by Crippen LogP contribution is -2.36. The molecule has 5 rings (SSSR count). The van der Waals surface area contributed by atoms with Gasteiger partial charge in [-0.3, -0.25) is 9.55 Å². The van der Waals surface area contributed by atoms with Crippen LogP contribution >= 0.6 is 23.6 Å². The molecule has 2 atom stereocenters. The zero-order chi connectivity index (χ0) is 21.4. The quantitative estimate of drug-likeness (QED) is 0.450. The van der Waals surface area contributed by atoms with Crippen LogP contribution < -0.4 is 5.32 Å². The molecule has 1 aromatic carbocycles. The SMILES string of the molecule is CN(C)CCN1C(=S)N[C@H](c2ccccn2)[C@@H]1c1cccn1-c1nc2ccccc2s1. The Labute approximate surface area is 191 Å². The van der Waals surface area contributed by atoms with E-state index in [2.05, 4.69) is 81.4 Å². The first-order valence-corrected chi connectivity index (χ1v) is 11.5. The number of nitrogens with one attached hydrogen (secondary N) is 1. The molecule has 1 fully saturated rings. The Bertz CT molecular complexity index is 1170. The summed E-state index contributed by atoms with van der Waals surface area (Å²) in [6.45, 7) is 1.74. The molecule has 4 heterocycles. The lowest BCUT2D eigenvalue weighted by atomic mass is 10.0. The predicted octanol–water partition coefficient (Wildman–Crippen LogP) is 4.02. The molecular formula is C23H24N6S2. The number of fused-ring (bicyclic) bond motifs is 1. The van der Waals surface area contributed by atoms with E-state index in [9.17, 15) is 0 Å². The van der Waals surface area contributed by atoms with Crippen molar-refractivity contribution >= 4 is 38.9 Å². The van der Waals surface area contributed by atoms with Gasteiger partial charge in [0.05, 0.1) is 33.7 Å². The van der Waals surface area contributed by atoms with Gasteiger partial charge >= 0.3 is 0 Å². The lowest BCUT2D eigenvalue weighted by Gasteiger charge is -2.29. The molecule has 8 heteroatoms. The first-order valence-electron chi connectivity index (χ1n) is 10.3. The average Bonchev–Trinajstić information content (AvgIpc) is 3.48. The van der Waals surface area contributed by atoms with Gasteiger partial charge in [0.15, 0.2) is 10.2 Å². The van der Waals surface area contributed by atoms with E-state index in [0.29, 0.717) is 0 Å². The second-order valence-corrected chi connectivity index (χ2v) is 9.29. The van der Waals surface area contributed by atoms with Gasteiger partial charge in [0.2, 0.25) is 0 Å². The fourth-order valence-corrected chi connectivity index (χ4v) is 5.35. The number of thiazole rings is 1. The van der Waals surface area contributed by atoms with E-state index in [1.54, 1.807) is 11.3 Å². The summed E-state index contributed by atoms with van der Waals surface area (Å²) < 4.78 is 3.38. The number of nitrogens with zero attached hydrogens (tertiary/aromatic N) is 5. The molecule has 0 amide bonds. The summed E-state index contributed by atoms with van der Waals surface area (Å²) in [5, 5.41) is 5.26. The molecule has 4 aromatic rings. The third kappa shape index (κ3) is 3.82. The van der Waals surface area contributed by atoms with Crippen LogP contribution in [0.2, 0.25) is 0 Å². The van der Waals surface area contributed by atoms with Gasteiger partial charge in [-0.2, -0.15) is 0 Å². The van der Waals surface area contributed by atoms with Gasteiger partial charge < -0.3 is 15.1 Å². The Balaban J connectivity index is 1.59. The summed E-state index contributed by atoms with van der Waals surface area (Å²) in [6.07, 6.45) is 3.93. The smallest absolute Gasteiger partial charge is 0.194 e. The number of aromatic nitrogens is 3. The molecule has 6 nitrogen and oxygen atoms in total. The van der Waals surface area contributed by atoms with Crippen LogP contribution in [-0.4, -0.2) is 56.6 Å². The molecule has 3 aromatic heterocycles. The third-order valence-corrected chi connectivity index (χ3v) is 6.95. The number of likely N-dealkylation sites (N-methyl/N-ethyl adjacent to an activating group) is 1. The molecule has 1 N–H and O–H groups in total. The molecule has 0 saturated carbocycles. The Morgan fingerprint density at radius 3 is 2.71 bits per heavy atom. The second-order valence-electron chi connectivity index (χ2n) is 7.89. The maximum absolute atomic E-state index is 5.78. The molecule has 1 saturated heterocycles. The maximum atomic E-state index is 5.78. The van der Waals surface area contributed by atoms with E-state index in [1.165, 1.54) is 4.70 Å². The number of hydrogen-bond donors (Lipinski definition) is 1. The summed E-state index contributed by atoms with van der Waals surface area (Å²) in [5.74, 6) is 0. The molecule has 158 valence electrons. The molecule has 0 bridgehead atoms. The Morgan fingerprint density at radius 2 is 1.94 bits per heavy atom. The number of rotatable bonds is 6. The molecule has 1 aliphatic heterocycles. The van der Waals surface area contributed by atoms with Crippen LogP contribution in [0.15, 0.2) is 67.0 Å². The second kappa shape index (κ2) is 8.37. The van der Waals surface area contributed by atoms with E-state index in [4.69, 9.17) is 17.2 Å². The van der Waals surface area contributed by atoms with Gasteiger partial charge in [0.25, 0.3) is 0 Å². The van der Waals surface area contributed by atoms with Crippen LogP contribution in [0.25, 0.3) is 15.3 Å². The Kier molecular flexibility index (Phi) is 5.43. The summed E-state index contributed by atoms with van der Waals surface area (Å²) in [6, 6.07) is 18.5. The van der Waals surface area contributed by atoms with Crippen molar-refractivity contribution in [3.05, 3.63) is 78.4 Å². The van der Waals surface area contributed by atoms with E-state index in [1.807, 2.05) is 24.4 Å². The maximum Gasteiger partial charge on any atom is 0.194 e. The summed E-state index contributed by atoms with van der Waals surface area (Å²) >= 11 is 7.48. The van der Waals surface area contributed by atoms with E-state index in [0.717, 1.165) is 40.2 Å². The molecule has 31 heavy (non-hydrogen) atoms. The molecule has 0 radical (unpaired) electrons. The Morgan fingerprint density at radius 1 is 1.10 bits per heavy atom. The van der Waals surface area contributed by atoms with Crippen molar-refractivity contribution in [1.29, 1.82) is 0 Å². The molecular weight excluding hydrogens is 424 g/mol. The number of thiocarbonyl (C=S) groups is 1. The number of benzene rings is 1. The monoisotopic (exact) mass is 448 g/mol. The molecule has 1 aliphatic rings. The molecule has 0 spiro atoms. The van der Waals surface area contributed by atoms with Crippen molar-refractivity contribution in [2.75, 3.05) is 27.2 Å². The van der Waals surface area contributed by atoms with Crippen molar-refractivity contribution < 1.29 is 0 Å². The third-order valence-electron chi connectivity index (χ3n) is 5.56. The normalized spacial score (nSPS) is 18.8. The fraction of sp³-hybridized carbons (Fsp3) is 0.261. The van der Waals surface area contributed by atoms with Crippen LogP contribution in [-0.2, 0) is 0 Å². The van der Waals surface area contributed by atoms with Crippen LogP contribution in [0.5, 0.6) is 0 Å². The highest BCUT2D eigenvalue weighted by atomic mass is 32.1. The van der Waals surface area contributed by atoms with Crippen molar-refractivity contribution in [3.63, 3.8) is 0 Å². The van der Waals surface area contributed by atoms with Gasteiger partial charge in [0.1, 0.15) is 0 Å². The molecule has 0 aliphatic carbocycles. The van der Waals surface area contributed by atoms with Gasteiger partial charge in [-0.25, -0.2) is 4.98 Å². The lowest BCUT2D eigenvalue weighted by molar-refractivity contribution is 0.272. The average molecular weight is 449 g/mol. The van der Waals surface area contributed by atoms with Gasteiger partial charge in [-0.05, 0) is 62.7 Å². The van der Waals surface area contributed by atoms with Crippen molar-refractivity contribution in [3.8, 4) is 5.13 Å². The van der Waals surface area contributed by atoms with Crippen LogP contribution in [0, 0.1) is 0 Å². The van der Waals surface area contributed by atoms with Crippen LogP contribution in [0.3, 0.4) is 0 Å². The van der Waals surface area contributed by atoms with E-state index < -0.39 is 0 Å². The first kappa shape index (κ1) is 20.1. The molecule has 0 unspecified atom stereocenters. The standard InChI is InChI=1S/C23H24N6S2/c1-27(2)14-15-29-21(20(26-22(29)30)17-9-5-6-12-24-17)18-10-7-13-28(18)23-25-16-8-3-4-11-19(16)31-23/h3-13,20-21H,14-15H2,1-2H3,(H,26,30)/t20-,21+/m1/s1. The Hall–Kier alpha value is -2.81. The fourth-order valence-electron chi connectivity index (χ4n) is 4.05. The van der Waals surface area contributed by atoms with Gasteiger partial charge in [-0.1, -0.05) is 29.5 Å². The first-order chi connectivity index (χ1) is 15.1. The minimum absolute atomic E-state index is 0.0179. The van der Waals surface area contributed by atoms with E-state index >= 15 is 0 Å². The number of para-hydroxylation sites is 1. The highest BCUT2D eigenvalue weighted by Gasteiger charge is 2.41. The summed E-state index contributed by atoms with van der Waals surface area (Å²) in [5.41, 5.74) is 3.16. The van der Waals surface area contributed by atoms with Crippen molar-refractivity contribution in [1.82, 2.24) is 29.7 Å². The van der Waals surface area contributed by atoms with Crippen molar-refractivity contribution in [2.45, 2.75) is 12.1 Å². The van der Waals surface area contributed by atoms with Crippen LogP contribution in [0.4, 0.5) is 0 Å². The number of hydrogen-bond acceptors (Lipinski definition) is 5. The minimum Gasteiger partial charge on any atom is -0.352 e. The zero-order valence-corrected chi connectivity index (χ0v) is 19.1. The minimum atomic E-state index is -0.0288. The van der Waals surface area contributed by atoms with Crippen LogP contribution in [0.1, 0.15) is 23.5 Å². The highest BCUT2D eigenvalue weighted by molar-refractivity contribution is 7.80. The predicted molar refractivity (Wildman–Crippen MR) is 130 cm³/mol. The topological polar surface area (TPSA) is 49.2 Å². The van der Waals surface area contributed by atoms with Gasteiger partial charge in [-0.15, -0.1) is 0 Å². The number of pyridine rings is 1. The summed E-state index contributed by atoms with van der Waals surface area (Å²) in [7, 11) is 4.17.